The molecule has 0 saturated heterocycles. The van der Waals surface area contributed by atoms with Crippen molar-refractivity contribution in [1.82, 2.24) is 9.78 Å². The SMILES string of the molecule is CCn1cc(C=O)c(-c2cc(Cl)sc2Cl)n1. The van der Waals surface area contributed by atoms with Crippen LogP contribution in [0.25, 0.3) is 11.3 Å². The Balaban J connectivity index is 2.58. The lowest BCUT2D eigenvalue weighted by Crippen LogP contribution is -1.93. The van der Waals surface area contributed by atoms with Gasteiger partial charge in [-0.3, -0.25) is 9.48 Å². The normalized spacial score (nSPS) is 10.7. The summed E-state index contributed by atoms with van der Waals surface area (Å²) < 4.78 is 2.83. The van der Waals surface area contributed by atoms with E-state index < -0.39 is 0 Å². The van der Waals surface area contributed by atoms with Gasteiger partial charge in [0.2, 0.25) is 0 Å². The Morgan fingerprint density at radius 2 is 2.31 bits per heavy atom. The summed E-state index contributed by atoms with van der Waals surface area (Å²) in [6, 6.07) is 1.73. The lowest BCUT2D eigenvalue weighted by atomic mass is 10.2. The molecule has 2 rings (SSSR count). The van der Waals surface area contributed by atoms with Crippen LogP contribution in [0, 0.1) is 0 Å². The van der Waals surface area contributed by atoms with Gasteiger partial charge in [0.15, 0.2) is 6.29 Å². The fourth-order valence-corrected chi connectivity index (χ4v) is 2.86. The third kappa shape index (κ3) is 2.00. The first-order chi connectivity index (χ1) is 7.65. The first-order valence-electron chi connectivity index (χ1n) is 4.63. The van der Waals surface area contributed by atoms with Crippen LogP contribution in [-0.2, 0) is 6.54 Å². The lowest BCUT2D eigenvalue weighted by Gasteiger charge is -1.94. The first-order valence-corrected chi connectivity index (χ1v) is 6.20. The molecule has 0 spiro atoms. The predicted molar refractivity (Wildman–Crippen MR) is 66.6 cm³/mol. The molecule has 0 bridgehead atoms. The average molecular weight is 275 g/mol. The largest absolute Gasteiger partial charge is 0.298 e. The Labute approximate surface area is 107 Å². The van der Waals surface area contributed by atoms with Crippen LogP contribution in [0.1, 0.15) is 17.3 Å². The standard InChI is InChI=1S/C10H8Cl2N2OS/c1-2-14-4-6(5-15)9(13-14)7-3-8(11)16-10(7)12/h3-5H,2H2,1H3. The van der Waals surface area contributed by atoms with Crippen molar-refractivity contribution in [3.8, 4) is 11.3 Å². The highest BCUT2D eigenvalue weighted by Gasteiger charge is 2.15. The molecule has 6 heteroatoms. The molecule has 2 aromatic heterocycles. The number of thiophene rings is 1. The van der Waals surface area contributed by atoms with Gasteiger partial charge in [0.1, 0.15) is 10.0 Å². The molecule has 0 atom stereocenters. The van der Waals surface area contributed by atoms with Crippen molar-refractivity contribution < 1.29 is 4.79 Å². The van der Waals surface area contributed by atoms with E-state index >= 15 is 0 Å². The van der Waals surface area contributed by atoms with Crippen LogP contribution in [0.4, 0.5) is 0 Å². The van der Waals surface area contributed by atoms with Crippen LogP contribution in [0.3, 0.4) is 0 Å². The fraction of sp³-hybridized carbons (Fsp3) is 0.200. The molecule has 16 heavy (non-hydrogen) atoms. The molecule has 0 aliphatic rings. The Bertz CT molecular complexity index is 533. The van der Waals surface area contributed by atoms with Crippen LogP contribution < -0.4 is 0 Å². The Morgan fingerprint density at radius 3 is 2.81 bits per heavy atom. The van der Waals surface area contributed by atoms with Crippen LogP contribution in [0.15, 0.2) is 12.3 Å². The van der Waals surface area contributed by atoms with Crippen molar-refractivity contribution in [3.63, 3.8) is 0 Å². The monoisotopic (exact) mass is 274 g/mol. The van der Waals surface area contributed by atoms with Crippen LogP contribution >= 0.6 is 34.5 Å². The summed E-state index contributed by atoms with van der Waals surface area (Å²) in [5.41, 5.74) is 1.83. The summed E-state index contributed by atoms with van der Waals surface area (Å²) in [4.78, 5) is 10.9. The van der Waals surface area contributed by atoms with Gasteiger partial charge in [0.05, 0.1) is 9.90 Å². The van der Waals surface area contributed by atoms with E-state index in [1.807, 2.05) is 6.92 Å². The van der Waals surface area contributed by atoms with Crippen LogP contribution in [0.5, 0.6) is 0 Å². The molecule has 2 aromatic rings. The number of hydrogen-bond acceptors (Lipinski definition) is 3. The summed E-state index contributed by atoms with van der Waals surface area (Å²) in [5.74, 6) is 0. The number of aromatic nitrogens is 2. The second-order valence-corrected chi connectivity index (χ2v) is 5.43. The molecule has 0 aromatic carbocycles. The minimum atomic E-state index is 0.526. The quantitative estimate of drug-likeness (QED) is 0.799. The second kappa shape index (κ2) is 4.57. The maximum absolute atomic E-state index is 10.9. The molecule has 0 amide bonds. The highest BCUT2D eigenvalue weighted by atomic mass is 35.5. The summed E-state index contributed by atoms with van der Waals surface area (Å²) in [6.45, 7) is 2.66. The molecule has 0 aliphatic carbocycles. The van der Waals surface area contributed by atoms with E-state index in [0.717, 1.165) is 6.29 Å². The molecule has 0 saturated carbocycles. The fourth-order valence-electron chi connectivity index (χ4n) is 1.40. The highest BCUT2D eigenvalue weighted by molar-refractivity contribution is 7.20. The molecule has 0 unspecified atom stereocenters. The van der Waals surface area contributed by atoms with Gasteiger partial charge in [-0.05, 0) is 13.0 Å². The number of hydrogen-bond donors (Lipinski definition) is 0. The minimum Gasteiger partial charge on any atom is -0.298 e. The maximum atomic E-state index is 10.9. The van der Waals surface area contributed by atoms with Gasteiger partial charge < -0.3 is 0 Å². The molecule has 2 heterocycles. The van der Waals surface area contributed by atoms with Gasteiger partial charge in [0, 0.05) is 18.3 Å². The van der Waals surface area contributed by atoms with E-state index in [1.54, 1.807) is 16.9 Å². The molecule has 84 valence electrons. The smallest absolute Gasteiger partial charge is 0.153 e. The Morgan fingerprint density at radius 1 is 1.56 bits per heavy atom. The first kappa shape index (κ1) is 11.6. The van der Waals surface area contributed by atoms with Gasteiger partial charge in [0.25, 0.3) is 0 Å². The Kier molecular flexibility index (Phi) is 3.33. The summed E-state index contributed by atoms with van der Waals surface area (Å²) >= 11 is 13.2. The van der Waals surface area contributed by atoms with Crippen molar-refractivity contribution in [2.75, 3.05) is 0 Å². The summed E-state index contributed by atoms with van der Waals surface area (Å²) in [6.07, 6.45) is 2.47. The van der Waals surface area contributed by atoms with Crippen molar-refractivity contribution in [2.24, 2.45) is 0 Å². The van der Waals surface area contributed by atoms with Crippen molar-refractivity contribution >= 4 is 40.8 Å². The lowest BCUT2D eigenvalue weighted by molar-refractivity contribution is 0.112. The topological polar surface area (TPSA) is 34.9 Å². The summed E-state index contributed by atoms with van der Waals surface area (Å²) in [7, 11) is 0. The van der Waals surface area contributed by atoms with Gasteiger partial charge in [-0.2, -0.15) is 5.10 Å². The van der Waals surface area contributed by atoms with Gasteiger partial charge in [-0.1, -0.05) is 23.2 Å². The Hall–Kier alpha value is -0.840. The zero-order chi connectivity index (χ0) is 11.7. The molecule has 0 radical (unpaired) electrons. The van der Waals surface area contributed by atoms with Crippen LogP contribution in [0.2, 0.25) is 8.67 Å². The predicted octanol–water partition coefficient (Wildman–Crippen LogP) is 3.75. The van der Waals surface area contributed by atoms with Gasteiger partial charge in [-0.15, -0.1) is 11.3 Å². The van der Waals surface area contributed by atoms with Crippen LogP contribution in [-0.4, -0.2) is 16.1 Å². The number of carbonyl (C=O) groups is 1. The van der Waals surface area contributed by atoms with Crippen molar-refractivity contribution in [1.29, 1.82) is 0 Å². The molecular weight excluding hydrogens is 267 g/mol. The molecule has 0 aliphatic heterocycles. The minimum absolute atomic E-state index is 0.526. The van der Waals surface area contributed by atoms with E-state index in [-0.39, 0.29) is 0 Å². The summed E-state index contributed by atoms with van der Waals surface area (Å²) in [5, 5.41) is 4.29. The number of aryl methyl sites for hydroxylation is 1. The molecule has 0 N–H and O–H groups in total. The van der Waals surface area contributed by atoms with Crippen molar-refractivity contribution in [2.45, 2.75) is 13.5 Å². The zero-order valence-electron chi connectivity index (χ0n) is 8.41. The van der Waals surface area contributed by atoms with E-state index in [4.69, 9.17) is 23.2 Å². The van der Waals surface area contributed by atoms with E-state index in [2.05, 4.69) is 5.10 Å². The number of rotatable bonds is 3. The molecule has 3 nitrogen and oxygen atoms in total. The van der Waals surface area contributed by atoms with E-state index in [0.29, 0.717) is 32.0 Å². The van der Waals surface area contributed by atoms with E-state index in [1.165, 1.54) is 11.3 Å². The number of aldehydes is 1. The van der Waals surface area contributed by atoms with E-state index in [9.17, 15) is 4.79 Å². The van der Waals surface area contributed by atoms with Crippen molar-refractivity contribution in [3.05, 3.63) is 26.5 Å². The number of carbonyl (C=O) groups excluding carboxylic acids is 1. The molecular formula is C10H8Cl2N2OS. The zero-order valence-corrected chi connectivity index (χ0v) is 10.7. The third-order valence-corrected chi connectivity index (χ3v) is 3.64. The average Bonchev–Trinajstić information content (AvgIpc) is 2.81. The van der Waals surface area contributed by atoms with Gasteiger partial charge >= 0.3 is 0 Å². The molecule has 0 fully saturated rings. The number of nitrogens with zero attached hydrogens (tertiary/aromatic N) is 2. The maximum Gasteiger partial charge on any atom is 0.153 e. The second-order valence-electron chi connectivity index (χ2n) is 3.14. The number of halogens is 2. The highest BCUT2D eigenvalue weighted by Crippen LogP contribution is 2.38. The van der Waals surface area contributed by atoms with Gasteiger partial charge in [-0.25, -0.2) is 0 Å². The third-order valence-electron chi connectivity index (χ3n) is 2.15.